The molecule has 81 valence electrons. The number of nitrogens with zero attached hydrogens (tertiary/aromatic N) is 2. The van der Waals surface area contributed by atoms with Crippen molar-refractivity contribution in [1.29, 1.82) is 0 Å². The molecule has 2 rings (SSSR count). The Balaban J connectivity index is 2.32. The predicted octanol–water partition coefficient (Wildman–Crippen LogP) is 1.03. The molecule has 2 unspecified atom stereocenters. The van der Waals surface area contributed by atoms with Gasteiger partial charge < -0.3 is 14.8 Å². The van der Waals surface area contributed by atoms with Crippen LogP contribution in [-0.2, 0) is 4.79 Å². The van der Waals surface area contributed by atoms with Crippen LogP contribution in [0.25, 0.3) is 0 Å². The van der Waals surface area contributed by atoms with E-state index >= 15 is 0 Å². The van der Waals surface area contributed by atoms with E-state index in [1.807, 2.05) is 0 Å². The Bertz CT molecular complexity index is 299. The first-order valence-electron chi connectivity index (χ1n) is 5.32. The summed E-state index contributed by atoms with van der Waals surface area (Å²) in [6.45, 7) is 4.26. The Morgan fingerprint density at radius 3 is 2.33 bits per heavy atom. The molecule has 0 spiro atoms. The molecule has 2 heterocycles. The van der Waals surface area contributed by atoms with E-state index in [0.29, 0.717) is 0 Å². The fraction of sp³-hybridized carbons (Fsp3) is 0.800. The van der Waals surface area contributed by atoms with Crippen LogP contribution in [0.15, 0.2) is 5.16 Å². The number of hydrogen-bond acceptors (Lipinski definition) is 4. The van der Waals surface area contributed by atoms with Gasteiger partial charge in [0.2, 0.25) is 0 Å². The molecule has 0 aromatic heterocycles. The molecule has 2 aliphatic rings. The van der Waals surface area contributed by atoms with Crippen LogP contribution in [0.5, 0.6) is 0 Å². The molecule has 0 saturated carbocycles. The molecule has 0 aliphatic carbocycles. The van der Waals surface area contributed by atoms with Crippen LogP contribution in [0, 0.1) is 0 Å². The predicted molar refractivity (Wildman–Crippen MR) is 58.8 cm³/mol. The maximum absolute atomic E-state index is 10.7. The lowest BCUT2D eigenvalue weighted by atomic mass is 9.75. The summed E-state index contributed by atoms with van der Waals surface area (Å²) in [7, 11) is 1.64. The van der Waals surface area contributed by atoms with Crippen molar-refractivity contribution < 1.29 is 10.0 Å². The Kier molecular flexibility index (Phi) is 2.37. The maximum Gasteiger partial charge on any atom is 0.294 e. The Labute approximate surface area is 90.6 Å². The molecule has 2 bridgehead atoms. The van der Waals surface area contributed by atoms with Gasteiger partial charge in [0.05, 0.1) is 11.9 Å². The SMILES string of the molecule is CC12CCC(C)(CC(=NO)C1)N2[B]C=O. The Morgan fingerprint density at radius 2 is 1.93 bits per heavy atom. The fourth-order valence-electron chi connectivity index (χ4n) is 3.21. The zero-order valence-electron chi connectivity index (χ0n) is 9.23. The van der Waals surface area contributed by atoms with Crippen LogP contribution in [0.1, 0.15) is 39.5 Å². The first-order valence-corrected chi connectivity index (χ1v) is 5.32. The lowest BCUT2D eigenvalue weighted by molar-refractivity contribution is 0.149. The highest BCUT2D eigenvalue weighted by molar-refractivity contribution is 6.64. The van der Waals surface area contributed by atoms with E-state index in [9.17, 15) is 4.79 Å². The van der Waals surface area contributed by atoms with Crippen molar-refractivity contribution in [2.45, 2.75) is 50.6 Å². The molecule has 2 atom stereocenters. The molecule has 0 aromatic carbocycles. The quantitative estimate of drug-likeness (QED) is 0.318. The van der Waals surface area contributed by atoms with E-state index in [2.05, 4.69) is 23.8 Å². The van der Waals surface area contributed by atoms with Crippen LogP contribution in [0.4, 0.5) is 0 Å². The maximum atomic E-state index is 10.7. The van der Waals surface area contributed by atoms with E-state index in [-0.39, 0.29) is 11.1 Å². The van der Waals surface area contributed by atoms with Gasteiger partial charge in [0.25, 0.3) is 7.41 Å². The summed E-state index contributed by atoms with van der Waals surface area (Å²) in [5.74, 6) is 0. The van der Waals surface area contributed by atoms with Crippen molar-refractivity contribution in [1.82, 2.24) is 4.81 Å². The molecule has 15 heavy (non-hydrogen) atoms. The van der Waals surface area contributed by atoms with E-state index in [1.165, 1.54) is 0 Å². The van der Waals surface area contributed by atoms with Gasteiger partial charge in [0.1, 0.15) is 0 Å². The van der Waals surface area contributed by atoms with Gasteiger partial charge in [-0.25, -0.2) is 0 Å². The molecule has 2 fully saturated rings. The molecule has 1 N–H and O–H groups in total. The average molecular weight is 207 g/mol. The van der Waals surface area contributed by atoms with Crippen molar-refractivity contribution in [2.75, 3.05) is 0 Å². The molecule has 5 heteroatoms. The summed E-state index contributed by atoms with van der Waals surface area (Å²) >= 11 is 0. The monoisotopic (exact) mass is 207 g/mol. The minimum absolute atomic E-state index is 0.0462. The van der Waals surface area contributed by atoms with Gasteiger partial charge >= 0.3 is 0 Å². The van der Waals surface area contributed by atoms with E-state index in [4.69, 9.17) is 5.21 Å². The molecular formula is C10H16BN2O2. The largest absolute Gasteiger partial charge is 0.411 e. The smallest absolute Gasteiger partial charge is 0.294 e. The Hall–Kier alpha value is -0.835. The van der Waals surface area contributed by atoms with Crippen molar-refractivity contribution >= 4 is 19.3 Å². The molecular weight excluding hydrogens is 191 g/mol. The second kappa shape index (κ2) is 3.34. The number of carbonyl (C=O) groups is 1. The van der Waals surface area contributed by atoms with Crippen molar-refractivity contribution in [2.24, 2.45) is 5.16 Å². The third-order valence-electron chi connectivity index (χ3n) is 3.89. The third kappa shape index (κ3) is 1.49. The van der Waals surface area contributed by atoms with Gasteiger partial charge in [-0.1, -0.05) is 5.16 Å². The zero-order valence-corrected chi connectivity index (χ0v) is 9.23. The van der Waals surface area contributed by atoms with Crippen LogP contribution >= 0.6 is 0 Å². The van der Waals surface area contributed by atoms with Gasteiger partial charge in [-0.15, -0.1) is 0 Å². The topological polar surface area (TPSA) is 52.9 Å². The summed E-state index contributed by atoms with van der Waals surface area (Å²) in [6, 6.07) is 0. The zero-order chi connectivity index (χ0) is 11.1. The number of piperidine rings is 1. The standard InChI is InChI=1S/C10H16BN2O2/c1-9-3-4-10(2,13(9)11-7-14)6-8(5-9)12-15/h7,15H,3-6H2,1-2H3. The van der Waals surface area contributed by atoms with Crippen LogP contribution in [0.2, 0.25) is 0 Å². The minimum Gasteiger partial charge on any atom is -0.411 e. The van der Waals surface area contributed by atoms with Crippen molar-refractivity contribution in [3.8, 4) is 0 Å². The normalized spacial score (nSPS) is 40.3. The number of carbonyl (C=O) groups excluding carboxylic acids is 1. The lowest BCUT2D eigenvalue weighted by Crippen LogP contribution is -2.58. The number of rotatable bonds is 2. The highest BCUT2D eigenvalue weighted by atomic mass is 16.4. The number of fused-ring (bicyclic) bond motifs is 2. The van der Waals surface area contributed by atoms with Gasteiger partial charge in [-0.2, -0.15) is 0 Å². The summed E-state index contributed by atoms with van der Waals surface area (Å²) < 4.78 is 0. The number of oxime groups is 1. The first-order chi connectivity index (χ1) is 7.04. The molecule has 2 saturated heterocycles. The van der Waals surface area contributed by atoms with Crippen LogP contribution in [0.3, 0.4) is 0 Å². The first kappa shape index (κ1) is 10.7. The van der Waals surface area contributed by atoms with Crippen LogP contribution < -0.4 is 0 Å². The van der Waals surface area contributed by atoms with E-state index in [1.54, 1.807) is 7.41 Å². The Morgan fingerprint density at radius 1 is 1.40 bits per heavy atom. The van der Waals surface area contributed by atoms with Gasteiger partial charge in [0, 0.05) is 23.9 Å². The number of hydrogen-bond donors (Lipinski definition) is 1. The highest BCUT2D eigenvalue weighted by Gasteiger charge is 2.53. The second-order valence-electron chi connectivity index (χ2n) is 5.17. The van der Waals surface area contributed by atoms with Gasteiger partial charge in [0.15, 0.2) is 0 Å². The van der Waals surface area contributed by atoms with Crippen molar-refractivity contribution in [3.05, 3.63) is 0 Å². The van der Waals surface area contributed by atoms with E-state index in [0.717, 1.165) is 37.6 Å². The molecule has 2 aliphatic heterocycles. The van der Waals surface area contributed by atoms with Crippen molar-refractivity contribution in [3.63, 3.8) is 0 Å². The molecule has 4 nitrogen and oxygen atoms in total. The summed E-state index contributed by atoms with van der Waals surface area (Å²) in [5, 5.41) is 12.3. The summed E-state index contributed by atoms with van der Waals surface area (Å²) in [6.07, 6.45) is 4.45. The average Bonchev–Trinajstić information content (AvgIpc) is 2.35. The lowest BCUT2D eigenvalue weighted by Gasteiger charge is -2.47. The minimum atomic E-state index is -0.0462. The van der Waals surface area contributed by atoms with Crippen LogP contribution in [-0.4, -0.2) is 40.4 Å². The molecule has 1 radical (unpaired) electrons. The molecule has 0 amide bonds. The highest BCUT2D eigenvalue weighted by Crippen LogP contribution is 2.48. The van der Waals surface area contributed by atoms with Gasteiger partial charge in [-0.3, -0.25) is 0 Å². The second-order valence-corrected chi connectivity index (χ2v) is 5.17. The summed E-state index contributed by atoms with van der Waals surface area (Å²) in [5.41, 5.74) is 0.762. The van der Waals surface area contributed by atoms with E-state index < -0.39 is 0 Å². The van der Waals surface area contributed by atoms with Gasteiger partial charge in [-0.05, 0) is 26.7 Å². The fourth-order valence-corrected chi connectivity index (χ4v) is 3.21. The molecule has 0 aromatic rings. The summed E-state index contributed by atoms with van der Waals surface area (Å²) in [4.78, 5) is 12.8. The third-order valence-corrected chi connectivity index (χ3v) is 3.89.